The van der Waals surface area contributed by atoms with Crippen LogP contribution in [-0.4, -0.2) is 43.2 Å². The maximum atomic E-state index is 12.9. The van der Waals surface area contributed by atoms with Gasteiger partial charge in [-0.05, 0) is 6.07 Å². The molecule has 0 fully saturated rings. The highest BCUT2D eigenvalue weighted by Gasteiger charge is 2.27. The molecule has 1 rings (SSSR count). The highest BCUT2D eigenvalue weighted by molar-refractivity contribution is 6.59. The molecule has 1 aromatic carbocycles. The van der Waals surface area contributed by atoms with E-state index in [0.29, 0.717) is 0 Å². The first-order chi connectivity index (χ1) is 8.79. The van der Waals surface area contributed by atoms with Crippen molar-refractivity contribution in [2.75, 3.05) is 19.8 Å². The number of rotatable bonds is 6. The smallest absolute Gasteiger partial charge is 0.491 e. The minimum absolute atomic E-state index is 0.0859. The molecule has 2 N–H and O–H groups in total. The molecule has 0 aliphatic rings. The Morgan fingerprint density at radius 2 is 1.84 bits per heavy atom. The van der Waals surface area contributed by atoms with E-state index in [4.69, 9.17) is 14.8 Å². The fraction of sp³-hybridized carbons (Fsp3) is 0.400. The first kappa shape index (κ1) is 15.7. The zero-order chi connectivity index (χ0) is 14.5. The van der Waals surface area contributed by atoms with E-state index in [1.807, 2.05) is 0 Å². The van der Waals surface area contributed by atoms with Crippen molar-refractivity contribution in [3.05, 3.63) is 24.0 Å². The minimum atomic E-state index is -4.43. The number of benzene rings is 1. The third kappa shape index (κ3) is 5.90. The van der Waals surface area contributed by atoms with E-state index in [9.17, 15) is 17.6 Å². The second kappa shape index (κ2) is 6.74. The van der Waals surface area contributed by atoms with Crippen LogP contribution in [-0.2, 0) is 4.74 Å². The molecule has 0 radical (unpaired) electrons. The zero-order valence-electron chi connectivity index (χ0n) is 9.65. The maximum absolute atomic E-state index is 12.9. The second-order valence-corrected chi connectivity index (χ2v) is 3.57. The highest BCUT2D eigenvalue weighted by atomic mass is 19.4. The van der Waals surface area contributed by atoms with Gasteiger partial charge in [-0.15, -0.1) is 0 Å². The van der Waals surface area contributed by atoms with Gasteiger partial charge in [-0.2, -0.15) is 13.2 Å². The van der Waals surface area contributed by atoms with Gasteiger partial charge in [-0.3, -0.25) is 0 Å². The Kier molecular flexibility index (Phi) is 5.58. The Hall–Kier alpha value is -1.32. The number of alkyl halides is 3. The average molecular weight is 282 g/mol. The maximum Gasteiger partial charge on any atom is 0.492 e. The van der Waals surface area contributed by atoms with Crippen LogP contribution in [0.15, 0.2) is 18.2 Å². The number of hydrogen-bond acceptors (Lipinski definition) is 4. The summed E-state index contributed by atoms with van der Waals surface area (Å²) in [6.45, 7) is -2.05. The van der Waals surface area contributed by atoms with Gasteiger partial charge in [0.15, 0.2) is 0 Å². The SMILES string of the molecule is OB(O)c1ccc(F)cc1OCCOCC(F)(F)F. The number of ether oxygens (including phenoxy) is 2. The van der Waals surface area contributed by atoms with E-state index in [0.717, 1.165) is 18.2 Å². The van der Waals surface area contributed by atoms with Crippen molar-refractivity contribution in [1.29, 1.82) is 0 Å². The molecule has 9 heteroatoms. The molecule has 1 aromatic rings. The van der Waals surface area contributed by atoms with Gasteiger partial charge >= 0.3 is 13.3 Å². The number of halogens is 4. The van der Waals surface area contributed by atoms with E-state index < -0.39 is 25.7 Å². The van der Waals surface area contributed by atoms with Crippen molar-refractivity contribution in [2.24, 2.45) is 0 Å². The molecule has 4 nitrogen and oxygen atoms in total. The van der Waals surface area contributed by atoms with Crippen LogP contribution in [0.3, 0.4) is 0 Å². The Bertz CT molecular complexity index is 411. The second-order valence-electron chi connectivity index (χ2n) is 3.57. The Labute approximate surface area is 106 Å². The van der Waals surface area contributed by atoms with Gasteiger partial charge in [0.25, 0.3) is 0 Å². The van der Waals surface area contributed by atoms with Crippen molar-refractivity contribution in [2.45, 2.75) is 6.18 Å². The van der Waals surface area contributed by atoms with Gasteiger partial charge in [0.2, 0.25) is 0 Å². The summed E-state index contributed by atoms with van der Waals surface area (Å²) >= 11 is 0. The van der Waals surface area contributed by atoms with Gasteiger partial charge in [0.05, 0.1) is 6.61 Å². The first-order valence-corrected chi connectivity index (χ1v) is 5.22. The third-order valence-electron chi connectivity index (χ3n) is 2.00. The average Bonchev–Trinajstić information content (AvgIpc) is 2.26. The van der Waals surface area contributed by atoms with Crippen LogP contribution in [0.5, 0.6) is 5.75 Å². The summed E-state index contributed by atoms with van der Waals surface area (Å²) in [5, 5.41) is 18.0. The predicted molar refractivity (Wildman–Crippen MR) is 58.6 cm³/mol. The van der Waals surface area contributed by atoms with Crippen molar-refractivity contribution < 1.29 is 37.1 Å². The lowest BCUT2D eigenvalue weighted by Crippen LogP contribution is -2.32. The standard InChI is InChI=1S/C10H11BF4O4/c12-7-1-2-8(11(16)17)9(5-7)19-4-3-18-6-10(13,14)15/h1-2,5,16-17H,3-4,6H2. The molecule has 0 atom stereocenters. The van der Waals surface area contributed by atoms with E-state index >= 15 is 0 Å². The van der Waals surface area contributed by atoms with Crippen molar-refractivity contribution >= 4 is 12.6 Å². The van der Waals surface area contributed by atoms with Crippen LogP contribution in [0.2, 0.25) is 0 Å². The van der Waals surface area contributed by atoms with Crippen LogP contribution in [0, 0.1) is 5.82 Å². The van der Waals surface area contributed by atoms with Crippen LogP contribution in [0.25, 0.3) is 0 Å². The lowest BCUT2D eigenvalue weighted by Gasteiger charge is -2.12. The van der Waals surface area contributed by atoms with Gasteiger partial charge in [-0.25, -0.2) is 4.39 Å². The van der Waals surface area contributed by atoms with Crippen molar-refractivity contribution in [3.63, 3.8) is 0 Å². The molecule has 0 saturated carbocycles. The van der Waals surface area contributed by atoms with Crippen LogP contribution >= 0.6 is 0 Å². The highest BCUT2D eigenvalue weighted by Crippen LogP contribution is 2.14. The van der Waals surface area contributed by atoms with Crippen molar-refractivity contribution in [3.8, 4) is 5.75 Å². The summed E-state index contributed by atoms with van der Waals surface area (Å²) in [4.78, 5) is 0. The summed E-state index contributed by atoms with van der Waals surface area (Å²) in [7, 11) is -1.87. The molecule has 0 amide bonds. The Balaban J connectivity index is 2.46. The van der Waals surface area contributed by atoms with E-state index in [2.05, 4.69) is 4.74 Å². The van der Waals surface area contributed by atoms with Gasteiger partial charge < -0.3 is 19.5 Å². The fourth-order valence-corrected chi connectivity index (χ4v) is 1.24. The van der Waals surface area contributed by atoms with E-state index in [-0.39, 0.29) is 24.4 Å². The molecular formula is C10H11BF4O4. The Morgan fingerprint density at radius 3 is 2.42 bits per heavy atom. The molecule has 0 aliphatic heterocycles. The monoisotopic (exact) mass is 282 g/mol. The van der Waals surface area contributed by atoms with Gasteiger partial charge in [-0.1, -0.05) is 6.07 Å². The van der Waals surface area contributed by atoms with Crippen molar-refractivity contribution in [1.82, 2.24) is 0 Å². The fourth-order valence-electron chi connectivity index (χ4n) is 1.24. The number of hydrogen-bond donors (Lipinski definition) is 2. The summed E-state index contributed by atoms with van der Waals surface area (Å²) in [5.74, 6) is -0.832. The lowest BCUT2D eigenvalue weighted by atomic mass is 9.79. The zero-order valence-corrected chi connectivity index (χ0v) is 9.65. The molecule has 0 aromatic heterocycles. The minimum Gasteiger partial charge on any atom is -0.491 e. The molecule has 106 valence electrons. The van der Waals surface area contributed by atoms with Crippen LogP contribution in [0.4, 0.5) is 17.6 Å². The lowest BCUT2D eigenvalue weighted by molar-refractivity contribution is -0.175. The van der Waals surface area contributed by atoms with E-state index in [1.165, 1.54) is 0 Å². The molecule has 0 heterocycles. The summed E-state index contributed by atoms with van der Waals surface area (Å²) < 4.78 is 57.4. The van der Waals surface area contributed by atoms with Crippen LogP contribution < -0.4 is 10.2 Å². The largest absolute Gasteiger partial charge is 0.492 e. The summed E-state index contributed by atoms with van der Waals surface area (Å²) in [6, 6.07) is 3.01. The predicted octanol–water partition coefficient (Wildman–Crippen LogP) is 0.463. The normalized spacial score (nSPS) is 11.5. The third-order valence-corrected chi connectivity index (χ3v) is 2.00. The van der Waals surface area contributed by atoms with Gasteiger partial charge in [0, 0.05) is 11.5 Å². The molecule has 0 unspecified atom stereocenters. The summed E-state index contributed by atoms with van der Waals surface area (Å²) in [6.07, 6.45) is -4.43. The van der Waals surface area contributed by atoms with E-state index in [1.54, 1.807) is 0 Å². The topological polar surface area (TPSA) is 58.9 Å². The summed E-state index contributed by atoms with van der Waals surface area (Å²) in [5.41, 5.74) is -0.0859. The molecule has 0 spiro atoms. The molecule has 0 bridgehead atoms. The van der Waals surface area contributed by atoms with Crippen LogP contribution in [0.1, 0.15) is 0 Å². The first-order valence-electron chi connectivity index (χ1n) is 5.22. The molecule has 0 aliphatic carbocycles. The molecule has 19 heavy (non-hydrogen) atoms. The quantitative estimate of drug-likeness (QED) is 0.452. The molecule has 0 saturated heterocycles. The van der Waals surface area contributed by atoms with Gasteiger partial charge in [0.1, 0.15) is 24.8 Å². The Morgan fingerprint density at radius 1 is 1.16 bits per heavy atom. The molecular weight excluding hydrogens is 271 g/mol.